The molecule has 2 aliphatic heterocycles. The van der Waals surface area contributed by atoms with Gasteiger partial charge in [0, 0.05) is 20.3 Å². The average molecular weight is 314 g/mol. The van der Waals surface area contributed by atoms with Crippen LogP contribution in [0.25, 0.3) is 0 Å². The molecule has 0 spiro atoms. The number of hydrogen-bond donors (Lipinski definition) is 0. The van der Waals surface area contributed by atoms with Crippen molar-refractivity contribution in [1.29, 1.82) is 0 Å². The molecular formula is C15H26N2O5. The number of likely N-dealkylation sites (N-methyl/N-ethyl adjacent to an activating group) is 1. The maximum atomic E-state index is 12.8. The van der Waals surface area contributed by atoms with E-state index in [1.165, 1.54) is 0 Å². The predicted molar refractivity (Wildman–Crippen MR) is 79.1 cm³/mol. The number of ether oxygens (including phenoxy) is 3. The molecule has 126 valence electrons. The van der Waals surface area contributed by atoms with E-state index >= 15 is 0 Å². The molecule has 7 nitrogen and oxygen atoms in total. The Hall–Kier alpha value is -1.18. The second-order valence-corrected chi connectivity index (χ2v) is 5.78. The summed E-state index contributed by atoms with van der Waals surface area (Å²) in [4.78, 5) is 28.4. The van der Waals surface area contributed by atoms with E-state index in [0.717, 1.165) is 19.3 Å². The van der Waals surface area contributed by atoms with Gasteiger partial charge >= 0.3 is 5.97 Å². The molecule has 2 aliphatic rings. The molecule has 2 rings (SSSR count). The lowest BCUT2D eigenvalue weighted by Crippen LogP contribution is -2.71. The van der Waals surface area contributed by atoms with E-state index in [2.05, 4.69) is 4.90 Å². The number of amides is 1. The van der Waals surface area contributed by atoms with Crippen molar-refractivity contribution in [3.8, 4) is 0 Å². The summed E-state index contributed by atoms with van der Waals surface area (Å²) in [7, 11) is 5.07. The molecule has 0 aromatic rings. The van der Waals surface area contributed by atoms with Crippen LogP contribution in [-0.4, -0.2) is 80.5 Å². The van der Waals surface area contributed by atoms with Gasteiger partial charge in [-0.25, -0.2) is 0 Å². The van der Waals surface area contributed by atoms with E-state index in [9.17, 15) is 9.59 Å². The molecule has 2 heterocycles. The number of hydrogen-bond acceptors (Lipinski definition) is 6. The molecule has 1 amide bonds. The third-order valence-electron chi connectivity index (χ3n) is 4.66. The van der Waals surface area contributed by atoms with Crippen molar-refractivity contribution in [2.24, 2.45) is 0 Å². The summed E-state index contributed by atoms with van der Waals surface area (Å²) in [5.74, 6) is -0.440. The molecule has 0 saturated carbocycles. The maximum absolute atomic E-state index is 12.8. The number of rotatable bonds is 6. The van der Waals surface area contributed by atoms with Crippen LogP contribution in [0.2, 0.25) is 0 Å². The number of nitrogens with zero attached hydrogens (tertiary/aromatic N) is 2. The fourth-order valence-electron chi connectivity index (χ4n) is 3.65. The van der Waals surface area contributed by atoms with E-state index in [4.69, 9.17) is 14.2 Å². The van der Waals surface area contributed by atoms with Crippen LogP contribution in [-0.2, 0) is 23.8 Å². The highest BCUT2D eigenvalue weighted by Gasteiger charge is 2.50. The van der Waals surface area contributed by atoms with Crippen LogP contribution >= 0.6 is 0 Å². The lowest BCUT2D eigenvalue weighted by molar-refractivity contribution is -0.197. The molecule has 2 bridgehead atoms. The Labute approximate surface area is 131 Å². The number of carbonyl (C=O) groups is 2. The van der Waals surface area contributed by atoms with Gasteiger partial charge < -0.3 is 19.1 Å². The molecule has 0 aromatic carbocycles. The zero-order valence-electron chi connectivity index (χ0n) is 13.8. The van der Waals surface area contributed by atoms with Gasteiger partial charge in [-0.05, 0) is 33.2 Å². The van der Waals surface area contributed by atoms with Crippen LogP contribution in [0, 0.1) is 0 Å². The van der Waals surface area contributed by atoms with Gasteiger partial charge in [-0.3, -0.25) is 14.5 Å². The van der Waals surface area contributed by atoms with Crippen molar-refractivity contribution in [2.45, 2.75) is 50.6 Å². The lowest BCUT2D eigenvalue weighted by Gasteiger charge is -2.53. The van der Waals surface area contributed by atoms with Crippen molar-refractivity contribution in [2.75, 3.05) is 34.4 Å². The molecule has 0 aliphatic carbocycles. The molecule has 3 atom stereocenters. The molecule has 3 unspecified atom stereocenters. The third kappa shape index (κ3) is 3.11. The minimum Gasteiger partial charge on any atom is -0.465 e. The monoisotopic (exact) mass is 314 g/mol. The normalized spacial score (nSPS) is 29.0. The highest BCUT2D eigenvalue weighted by Crippen LogP contribution is 2.34. The van der Waals surface area contributed by atoms with Gasteiger partial charge in [0.05, 0.1) is 18.7 Å². The second kappa shape index (κ2) is 7.39. The zero-order valence-corrected chi connectivity index (χ0v) is 13.8. The lowest BCUT2D eigenvalue weighted by atomic mass is 9.85. The van der Waals surface area contributed by atoms with Crippen molar-refractivity contribution >= 4 is 11.9 Å². The van der Waals surface area contributed by atoms with Crippen LogP contribution < -0.4 is 0 Å². The smallest absolute Gasteiger partial charge is 0.325 e. The number of piperazine rings is 1. The fourth-order valence-corrected chi connectivity index (χ4v) is 3.65. The zero-order chi connectivity index (χ0) is 16.3. The summed E-state index contributed by atoms with van der Waals surface area (Å²) in [6.07, 6.45) is 2.20. The van der Waals surface area contributed by atoms with Crippen molar-refractivity contribution in [1.82, 2.24) is 9.80 Å². The van der Waals surface area contributed by atoms with Crippen molar-refractivity contribution in [3.05, 3.63) is 0 Å². The number of fused-ring (bicyclic) bond motifs is 2. The Bertz CT molecular complexity index is 413. The summed E-state index contributed by atoms with van der Waals surface area (Å²) in [5, 5.41) is 0. The Balaban J connectivity index is 2.28. The van der Waals surface area contributed by atoms with Crippen LogP contribution in [0.4, 0.5) is 0 Å². The molecular weight excluding hydrogens is 288 g/mol. The summed E-state index contributed by atoms with van der Waals surface area (Å²) < 4.78 is 15.8. The molecule has 0 N–H and O–H groups in total. The van der Waals surface area contributed by atoms with E-state index in [1.54, 1.807) is 26.0 Å². The van der Waals surface area contributed by atoms with Crippen LogP contribution in [0.3, 0.4) is 0 Å². The van der Waals surface area contributed by atoms with Crippen LogP contribution in [0.15, 0.2) is 0 Å². The topological polar surface area (TPSA) is 68.3 Å². The molecule has 2 saturated heterocycles. The van der Waals surface area contributed by atoms with E-state index in [0.29, 0.717) is 6.61 Å². The quantitative estimate of drug-likeness (QED) is 0.516. The fraction of sp³-hybridized carbons (Fsp3) is 0.867. The molecule has 2 fully saturated rings. The summed E-state index contributed by atoms with van der Waals surface area (Å²) in [6, 6.07) is -0.358. The summed E-state index contributed by atoms with van der Waals surface area (Å²) in [6.45, 7) is 2.00. The van der Waals surface area contributed by atoms with Gasteiger partial charge in [0.15, 0.2) is 6.29 Å². The summed E-state index contributed by atoms with van der Waals surface area (Å²) in [5.41, 5.74) is 0. The maximum Gasteiger partial charge on any atom is 0.325 e. The first-order valence-electron chi connectivity index (χ1n) is 7.78. The number of likely N-dealkylation sites (tertiary alicyclic amines) is 1. The average Bonchev–Trinajstić information content (AvgIpc) is 2.49. The number of piperidine rings is 1. The molecule has 0 radical (unpaired) electrons. The highest BCUT2D eigenvalue weighted by molar-refractivity contribution is 5.87. The number of carbonyl (C=O) groups excluding carboxylic acids is 2. The molecule has 22 heavy (non-hydrogen) atoms. The Morgan fingerprint density at radius 3 is 2.59 bits per heavy atom. The van der Waals surface area contributed by atoms with Crippen molar-refractivity contribution in [3.63, 3.8) is 0 Å². The van der Waals surface area contributed by atoms with Gasteiger partial charge in [-0.15, -0.1) is 0 Å². The van der Waals surface area contributed by atoms with Crippen LogP contribution in [0.5, 0.6) is 0 Å². The Kier molecular flexibility index (Phi) is 5.77. The van der Waals surface area contributed by atoms with Gasteiger partial charge in [-0.1, -0.05) is 0 Å². The Morgan fingerprint density at radius 1 is 1.32 bits per heavy atom. The standard InChI is InChI=1S/C15H26N2O5/c1-5-22-12(18)9-17-13(15(20-3)21-4)10-7-6-8-11(14(17)19)16(10)2/h10-11,13,15H,5-9H2,1-4H3. The predicted octanol–water partition coefficient (Wildman–Crippen LogP) is 0.232. The van der Waals surface area contributed by atoms with Gasteiger partial charge in [0.2, 0.25) is 5.91 Å². The molecule has 0 aromatic heterocycles. The first kappa shape index (κ1) is 17.2. The van der Waals surface area contributed by atoms with Crippen molar-refractivity contribution < 1.29 is 23.8 Å². The first-order chi connectivity index (χ1) is 10.5. The summed E-state index contributed by atoms with van der Waals surface area (Å²) >= 11 is 0. The first-order valence-corrected chi connectivity index (χ1v) is 7.78. The third-order valence-corrected chi connectivity index (χ3v) is 4.66. The minimum atomic E-state index is -0.565. The number of methoxy groups -OCH3 is 2. The highest BCUT2D eigenvalue weighted by atomic mass is 16.7. The minimum absolute atomic E-state index is 0.0457. The Morgan fingerprint density at radius 2 is 2.00 bits per heavy atom. The van der Waals surface area contributed by atoms with Gasteiger partial charge in [0.1, 0.15) is 6.54 Å². The van der Waals surface area contributed by atoms with E-state index < -0.39 is 12.3 Å². The van der Waals surface area contributed by atoms with Gasteiger partial charge in [0.25, 0.3) is 0 Å². The van der Waals surface area contributed by atoms with Crippen LogP contribution in [0.1, 0.15) is 26.2 Å². The number of esters is 1. The van der Waals surface area contributed by atoms with E-state index in [-0.39, 0.29) is 30.6 Å². The molecule has 7 heteroatoms. The van der Waals surface area contributed by atoms with Gasteiger partial charge in [-0.2, -0.15) is 0 Å². The largest absolute Gasteiger partial charge is 0.465 e. The second-order valence-electron chi connectivity index (χ2n) is 5.78. The SMILES string of the molecule is CCOC(=O)CN1C(=O)C2CCCC(C1C(OC)OC)N2C. The van der Waals surface area contributed by atoms with E-state index in [1.807, 2.05) is 7.05 Å².